The van der Waals surface area contributed by atoms with Crippen LogP contribution in [0.3, 0.4) is 0 Å². The van der Waals surface area contributed by atoms with Crippen LogP contribution in [0.4, 0.5) is 0 Å². The molecule has 16 heavy (non-hydrogen) atoms. The number of nitrogens with zero attached hydrogens (tertiary/aromatic N) is 2. The van der Waals surface area contributed by atoms with Gasteiger partial charge in [0.05, 0.1) is 6.20 Å². The van der Waals surface area contributed by atoms with Crippen LogP contribution in [0.1, 0.15) is 35.9 Å². The Kier molecular flexibility index (Phi) is 4.84. The zero-order chi connectivity index (χ0) is 12.0. The molecule has 0 saturated heterocycles. The van der Waals surface area contributed by atoms with Gasteiger partial charge < -0.3 is 10.4 Å². The van der Waals surface area contributed by atoms with Crippen LogP contribution >= 0.6 is 11.5 Å². The second-order valence-corrected chi connectivity index (χ2v) is 4.23. The molecule has 0 bridgehead atoms. The summed E-state index contributed by atoms with van der Waals surface area (Å²) in [5.74, 6) is -1.02. The standard InChI is InChI=1S/C9H13N3O3S/c1-6(3-2-4-8(13)14)11-9(15)7-5-10-12-16-7/h5-6H,2-4H2,1H3,(H,11,15)(H,13,14). The Hall–Kier alpha value is -1.50. The van der Waals surface area contributed by atoms with Crippen molar-refractivity contribution in [1.29, 1.82) is 0 Å². The average molecular weight is 243 g/mol. The third-order valence-electron chi connectivity index (χ3n) is 1.99. The van der Waals surface area contributed by atoms with Crippen LogP contribution in [-0.2, 0) is 4.79 Å². The molecule has 0 aliphatic heterocycles. The van der Waals surface area contributed by atoms with E-state index in [4.69, 9.17) is 5.11 Å². The molecule has 1 aromatic rings. The minimum atomic E-state index is -0.815. The number of carbonyl (C=O) groups is 2. The third kappa shape index (κ3) is 4.35. The van der Waals surface area contributed by atoms with E-state index in [0.29, 0.717) is 17.7 Å². The fourth-order valence-electron chi connectivity index (χ4n) is 1.19. The monoisotopic (exact) mass is 243 g/mol. The van der Waals surface area contributed by atoms with Gasteiger partial charge in [0, 0.05) is 12.5 Å². The molecule has 6 nitrogen and oxygen atoms in total. The largest absolute Gasteiger partial charge is 0.481 e. The SMILES string of the molecule is CC(CCCC(=O)O)NC(=O)c1cnns1. The zero-order valence-electron chi connectivity index (χ0n) is 8.84. The Morgan fingerprint density at radius 3 is 2.94 bits per heavy atom. The quantitative estimate of drug-likeness (QED) is 0.774. The van der Waals surface area contributed by atoms with Crippen LogP contribution in [0.25, 0.3) is 0 Å². The molecule has 1 aromatic heterocycles. The lowest BCUT2D eigenvalue weighted by atomic mass is 10.1. The summed E-state index contributed by atoms with van der Waals surface area (Å²) in [5.41, 5.74) is 0. The number of hydrogen-bond donors (Lipinski definition) is 2. The van der Waals surface area contributed by atoms with E-state index in [0.717, 1.165) is 11.5 Å². The number of nitrogens with one attached hydrogen (secondary N) is 1. The van der Waals surface area contributed by atoms with Crippen LogP contribution in [0.15, 0.2) is 6.20 Å². The Bertz CT molecular complexity index is 353. The minimum Gasteiger partial charge on any atom is -0.481 e. The first-order valence-electron chi connectivity index (χ1n) is 4.89. The van der Waals surface area contributed by atoms with E-state index in [-0.39, 0.29) is 18.4 Å². The molecule has 2 N–H and O–H groups in total. The van der Waals surface area contributed by atoms with Crippen molar-refractivity contribution < 1.29 is 14.7 Å². The normalized spacial score (nSPS) is 12.1. The summed E-state index contributed by atoms with van der Waals surface area (Å²) in [6, 6.07) is -0.0473. The second kappa shape index (κ2) is 6.16. The molecule has 0 fully saturated rings. The van der Waals surface area contributed by atoms with E-state index in [9.17, 15) is 9.59 Å². The predicted octanol–water partition coefficient (Wildman–Crippen LogP) is 0.911. The van der Waals surface area contributed by atoms with E-state index < -0.39 is 5.97 Å². The van der Waals surface area contributed by atoms with Gasteiger partial charge in [-0.2, -0.15) is 0 Å². The van der Waals surface area contributed by atoms with Gasteiger partial charge in [-0.05, 0) is 31.3 Å². The lowest BCUT2D eigenvalue weighted by Gasteiger charge is -2.11. The van der Waals surface area contributed by atoms with Crippen molar-refractivity contribution in [3.8, 4) is 0 Å². The van der Waals surface area contributed by atoms with Gasteiger partial charge in [-0.3, -0.25) is 9.59 Å². The summed E-state index contributed by atoms with van der Waals surface area (Å²) < 4.78 is 3.59. The number of hydrogen-bond acceptors (Lipinski definition) is 5. The number of carboxylic acids is 1. The molecule has 0 spiro atoms. The van der Waals surface area contributed by atoms with E-state index in [2.05, 4.69) is 14.9 Å². The Labute approximate surface area is 96.8 Å². The highest BCUT2D eigenvalue weighted by Crippen LogP contribution is 2.05. The fraction of sp³-hybridized carbons (Fsp3) is 0.556. The smallest absolute Gasteiger partial charge is 0.303 e. The molecule has 0 radical (unpaired) electrons. The molecule has 0 aliphatic carbocycles. The molecule has 1 amide bonds. The van der Waals surface area contributed by atoms with E-state index in [1.54, 1.807) is 0 Å². The van der Waals surface area contributed by atoms with E-state index in [1.165, 1.54) is 6.20 Å². The topological polar surface area (TPSA) is 92.2 Å². The molecule has 1 atom stereocenters. The van der Waals surface area contributed by atoms with Crippen LogP contribution < -0.4 is 5.32 Å². The third-order valence-corrected chi connectivity index (χ3v) is 2.65. The molecular weight excluding hydrogens is 230 g/mol. The summed E-state index contributed by atoms with van der Waals surface area (Å²) in [6.07, 6.45) is 2.73. The number of amides is 1. The predicted molar refractivity (Wildman–Crippen MR) is 58.3 cm³/mol. The van der Waals surface area contributed by atoms with Crippen molar-refractivity contribution >= 4 is 23.4 Å². The van der Waals surface area contributed by atoms with Crippen molar-refractivity contribution in [1.82, 2.24) is 14.9 Å². The van der Waals surface area contributed by atoms with Gasteiger partial charge in [0.2, 0.25) is 0 Å². The maximum Gasteiger partial charge on any atom is 0.303 e. The summed E-state index contributed by atoms with van der Waals surface area (Å²) in [6.45, 7) is 1.84. The molecule has 1 unspecified atom stereocenters. The Morgan fingerprint density at radius 2 is 2.38 bits per heavy atom. The van der Waals surface area contributed by atoms with Crippen LogP contribution in [0, 0.1) is 0 Å². The fourth-order valence-corrected chi connectivity index (χ4v) is 1.61. The summed E-state index contributed by atoms with van der Waals surface area (Å²) in [5, 5.41) is 14.8. The Morgan fingerprint density at radius 1 is 1.62 bits per heavy atom. The van der Waals surface area contributed by atoms with Crippen molar-refractivity contribution in [3.05, 3.63) is 11.1 Å². The van der Waals surface area contributed by atoms with Crippen molar-refractivity contribution in [2.45, 2.75) is 32.2 Å². The lowest BCUT2D eigenvalue weighted by Crippen LogP contribution is -2.32. The highest BCUT2D eigenvalue weighted by molar-refractivity contribution is 7.07. The summed E-state index contributed by atoms with van der Waals surface area (Å²) in [7, 11) is 0. The number of rotatable bonds is 6. The lowest BCUT2D eigenvalue weighted by molar-refractivity contribution is -0.137. The number of carbonyl (C=O) groups excluding carboxylic acids is 1. The molecule has 1 heterocycles. The molecular formula is C9H13N3O3S. The Balaban J connectivity index is 2.26. The van der Waals surface area contributed by atoms with Gasteiger partial charge in [-0.1, -0.05) is 4.49 Å². The molecule has 7 heteroatoms. The second-order valence-electron chi connectivity index (χ2n) is 3.44. The zero-order valence-corrected chi connectivity index (χ0v) is 9.66. The van der Waals surface area contributed by atoms with Gasteiger partial charge in [0.1, 0.15) is 4.88 Å². The highest BCUT2D eigenvalue weighted by Gasteiger charge is 2.11. The molecule has 0 aromatic carbocycles. The van der Waals surface area contributed by atoms with Crippen LogP contribution in [0.5, 0.6) is 0 Å². The minimum absolute atomic E-state index is 0.0473. The van der Waals surface area contributed by atoms with Gasteiger partial charge in [-0.25, -0.2) is 0 Å². The maximum atomic E-state index is 11.5. The van der Waals surface area contributed by atoms with Gasteiger partial charge in [0.15, 0.2) is 0 Å². The number of carboxylic acid groups (broad SMARTS) is 1. The number of aliphatic carboxylic acids is 1. The van der Waals surface area contributed by atoms with Crippen molar-refractivity contribution in [2.24, 2.45) is 0 Å². The van der Waals surface area contributed by atoms with Gasteiger partial charge >= 0.3 is 5.97 Å². The molecule has 0 aliphatic rings. The first kappa shape index (κ1) is 12.6. The van der Waals surface area contributed by atoms with Crippen LogP contribution in [0.2, 0.25) is 0 Å². The first-order valence-corrected chi connectivity index (χ1v) is 5.67. The summed E-state index contributed by atoms with van der Waals surface area (Å²) >= 11 is 1.03. The van der Waals surface area contributed by atoms with Crippen LogP contribution in [-0.4, -0.2) is 32.6 Å². The molecule has 88 valence electrons. The first-order chi connectivity index (χ1) is 7.59. The van der Waals surface area contributed by atoms with E-state index >= 15 is 0 Å². The summed E-state index contributed by atoms with van der Waals surface area (Å²) in [4.78, 5) is 22.3. The average Bonchev–Trinajstić information content (AvgIpc) is 2.69. The molecule has 1 rings (SSSR count). The van der Waals surface area contributed by atoms with Gasteiger partial charge in [0.25, 0.3) is 5.91 Å². The maximum absolute atomic E-state index is 11.5. The number of aromatic nitrogens is 2. The molecule has 0 saturated carbocycles. The van der Waals surface area contributed by atoms with Gasteiger partial charge in [-0.15, -0.1) is 5.10 Å². The van der Waals surface area contributed by atoms with Crippen molar-refractivity contribution in [2.75, 3.05) is 0 Å². The highest BCUT2D eigenvalue weighted by atomic mass is 32.1. The van der Waals surface area contributed by atoms with Crippen molar-refractivity contribution in [3.63, 3.8) is 0 Å². The van der Waals surface area contributed by atoms with E-state index in [1.807, 2.05) is 6.92 Å².